The number of fused-ring (bicyclic) bond motifs is 1. The normalized spacial score (nSPS) is 11.2. The lowest BCUT2D eigenvalue weighted by Gasteiger charge is -2.04. The summed E-state index contributed by atoms with van der Waals surface area (Å²) in [4.78, 5) is 22.4. The number of hydrogen-bond acceptors (Lipinski definition) is 8. The molecule has 0 saturated carbocycles. The minimum Gasteiger partial charge on any atom is -0.436 e. The zero-order chi connectivity index (χ0) is 22.1. The van der Waals surface area contributed by atoms with Gasteiger partial charge >= 0.3 is 5.69 Å². The van der Waals surface area contributed by atoms with Gasteiger partial charge in [0.2, 0.25) is 17.4 Å². The Morgan fingerprint density at radius 3 is 2.66 bits per heavy atom. The summed E-state index contributed by atoms with van der Waals surface area (Å²) in [6.07, 6.45) is 4.90. The summed E-state index contributed by atoms with van der Waals surface area (Å²) in [5.41, 5.74) is 0.587. The van der Waals surface area contributed by atoms with Crippen LogP contribution in [0.3, 0.4) is 0 Å². The smallest absolute Gasteiger partial charge is 0.351 e. The highest BCUT2D eigenvalue weighted by Crippen LogP contribution is 2.23. The fourth-order valence-corrected chi connectivity index (χ4v) is 3.43. The van der Waals surface area contributed by atoms with Gasteiger partial charge in [-0.15, -0.1) is 16.9 Å². The van der Waals surface area contributed by atoms with Gasteiger partial charge in [0.1, 0.15) is 18.1 Å². The number of nitrogens with zero attached hydrogens (tertiary/aromatic N) is 6. The number of rotatable bonds is 6. The lowest BCUT2D eigenvalue weighted by atomic mass is 10.2. The monoisotopic (exact) mass is 450 g/mol. The maximum atomic E-state index is 13.1. The van der Waals surface area contributed by atoms with Gasteiger partial charge in [-0.05, 0) is 54.8 Å². The molecule has 0 aliphatic carbocycles. The van der Waals surface area contributed by atoms with Crippen LogP contribution in [0.25, 0.3) is 17.0 Å². The predicted molar refractivity (Wildman–Crippen MR) is 114 cm³/mol. The van der Waals surface area contributed by atoms with E-state index in [0.717, 1.165) is 10.5 Å². The molecule has 0 amide bonds. The molecule has 3 aromatic heterocycles. The molecule has 0 unspecified atom stereocenters. The van der Waals surface area contributed by atoms with Gasteiger partial charge in [0.15, 0.2) is 0 Å². The Kier molecular flexibility index (Phi) is 5.15. The Balaban J connectivity index is 1.42. The van der Waals surface area contributed by atoms with E-state index >= 15 is 0 Å². The number of halogens is 1. The van der Waals surface area contributed by atoms with Crippen LogP contribution in [0.2, 0.25) is 0 Å². The average molecular weight is 450 g/mol. The standard InChI is InChI=1S/C21H15FN6O3S/c1-32-16-8-2-13(3-9-16)18-24-17(31-26-18)12-28-21(29)27-11-10-23-20(19(27)25-28)30-15-6-4-14(22)5-7-15/h2-11H,12H2,1H3. The fourth-order valence-electron chi connectivity index (χ4n) is 3.02. The molecule has 0 spiro atoms. The van der Waals surface area contributed by atoms with Crippen molar-refractivity contribution in [1.82, 2.24) is 29.3 Å². The van der Waals surface area contributed by atoms with Crippen LogP contribution in [0.5, 0.6) is 11.6 Å². The first-order valence-corrected chi connectivity index (χ1v) is 10.7. The number of thioether (sulfide) groups is 1. The lowest BCUT2D eigenvalue weighted by molar-refractivity contribution is 0.364. The lowest BCUT2D eigenvalue weighted by Crippen LogP contribution is -2.21. The highest BCUT2D eigenvalue weighted by atomic mass is 32.2. The second-order valence-corrected chi connectivity index (χ2v) is 7.54. The van der Waals surface area contributed by atoms with E-state index in [1.165, 1.54) is 45.7 Å². The molecule has 0 atom stereocenters. The van der Waals surface area contributed by atoms with Crippen LogP contribution in [0, 0.1) is 5.82 Å². The zero-order valence-electron chi connectivity index (χ0n) is 16.7. The van der Waals surface area contributed by atoms with Crippen molar-refractivity contribution in [2.24, 2.45) is 0 Å². The SMILES string of the molecule is CSc1ccc(-c2noc(Cn3nc4c(Oc5ccc(F)cc5)nccn4c3=O)n2)cc1. The highest BCUT2D eigenvalue weighted by Gasteiger charge is 2.16. The molecule has 32 heavy (non-hydrogen) atoms. The minimum atomic E-state index is -0.421. The second-order valence-electron chi connectivity index (χ2n) is 6.66. The molecule has 2 aromatic carbocycles. The van der Waals surface area contributed by atoms with Crippen molar-refractivity contribution < 1.29 is 13.7 Å². The third-order valence-electron chi connectivity index (χ3n) is 4.60. The van der Waals surface area contributed by atoms with Gasteiger partial charge in [0.05, 0.1) is 0 Å². The minimum absolute atomic E-state index is 0.0214. The van der Waals surface area contributed by atoms with Gasteiger partial charge < -0.3 is 9.26 Å². The van der Waals surface area contributed by atoms with E-state index in [9.17, 15) is 9.18 Å². The van der Waals surface area contributed by atoms with E-state index in [1.54, 1.807) is 11.8 Å². The summed E-state index contributed by atoms with van der Waals surface area (Å²) in [6, 6.07) is 13.2. The van der Waals surface area contributed by atoms with Gasteiger partial charge in [-0.1, -0.05) is 5.16 Å². The van der Waals surface area contributed by atoms with Crippen molar-refractivity contribution in [3.8, 4) is 23.0 Å². The molecule has 0 aliphatic heterocycles. The summed E-state index contributed by atoms with van der Waals surface area (Å²) < 4.78 is 26.6. The number of aromatic nitrogens is 6. The van der Waals surface area contributed by atoms with E-state index in [1.807, 2.05) is 30.5 Å². The quantitative estimate of drug-likeness (QED) is 0.362. The molecular weight excluding hydrogens is 435 g/mol. The van der Waals surface area contributed by atoms with Crippen LogP contribution in [-0.2, 0) is 6.54 Å². The molecule has 0 fully saturated rings. The van der Waals surface area contributed by atoms with Gasteiger partial charge in [0, 0.05) is 22.9 Å². The summed E-state index contributed by atoms with van der Waals surface area (Å²) >= 11 is 1.64. The van der Waals surface area contributed by atoms with Crippen LogP contribution in [-0.4, -0.2) is 35.6 Å². The third-order valence-corrected chi connectivity index (χ3v) is 5.34. The molecule has 5 rings (SSSR count). The molecule has 11 heteroatoms. The Bertz CT molecular complexity index is 1440. The Labute approximate surface area is 184 Å². The van der Waals surface area contributed by atoms with E-state index in [2.05, 4.69) is 20.2 Å². The average Bonchev–Trinajstić information content (AvgIpc) is 3.41. The molecule has 160 valence electrons. The number of benzene rings is 2. The Morgan fingerprint density at radius 2 is 1.91 bits per heavy atom. The van der Waals surface area contributed by atoms with E-state index in [0.29, 0.717) is 11.6 Å². The molecule has 5 aromatic rings. The maximum absolute atomic E-state index is 13.1. The molecule has 3 heterocycles. The van der Waals surface area contributed by atoms with Gasteiger partial charge in [-0.3, -0.25) is 0 Å². The molecular formula is C21H15FN6O3S. The van der Waals surface area contributed by atoms with Gasteiger partial charge in [0.25, 0.3) is 5.88 Å². The molecule has 0 radical (unpaired) electrons. The molecule has 0 bridgehead atoms. The van der Waals surface area contributed by atoms with E-state index in [4.69, 9.17) is 9.26 Å². The van der Waals surface area contributed by atoms with E-state index in [-0.39, 0.29) is 29.8 Å². The summed E-state index contributed by atoms with van der Waals surface area (Å²) in [6.45, 7) is -0.0214. The highest BCUT2D eigenvalue weighted by molar-refractivity contribution is 7.98. The van der Waals surface area contributed by atoms with Gasteiger partial charge in [-0.2, -0.15) is 4.98 Å². The zero-order valence-corrected chi connectivity index (χ0v) is 17.5. The summed E-state index contributed by atoms with van der Waals surface area (Å²) in [7, 11) is 0. The first-order chi connectivity index (χ1) is 15.6. The van der Waals surface area contributed by atoms with Crippen molar-refractivity contribution in [1.29, 1.82) is 0 Å². The van der Waals surface area contributed by atoms with Crippen molar-refractivity contribution in [2.75, 3.05) is 6.26 Å². The van der Waals surface area contributed by atoms with Crippen LogP contribution in [0.4, 0.5) is 4.39 Å². The van der Waals surface area contributed by atoms with Crippen molar-refractivity contribution in [3.63, 3.8) is 0 Å². The van der Waals surface area contributed by atoms with Crippen LogP contribution in [0.15, 0.2) is 75.1 Å². The molecule has 0 saturated heterocycles. The van der Waals surface area contributed by atoms with Crippen LogP contribution >= 0.6 is 11.8 Å². The second kappa shape index (κ2) is 8.27. The van der Waals surface area contributed by atoms with Crippen LogP contribution in [0.1, 0.15) is 5.89 Å². The molecule has 0 N–H and O–H groups in total. The molecule has 0 aliphatic rings. The Hall–Kier alpha value is -3.99. The van der Waals surface area contributed by atoms with Crippen molar-refractivity contribution in [2.45, 2.75) is 11.4 Å². The predicted octanol–water partition coefficient (Wildman–Crippen LogP) is 3.64. The summed E-state index contributed by atoms with van der Waals surface area (Å²) in [5.74, 6) is 0.737. The molecule has 9 nitrogen and oxygen atoms in total. The maximum Gasteiger partial charge on any atom is 0.351 e. The number of ether oxygens (including phenoxy) is 1. The first kappa shape index (κ1) is 19.9. The van der Waals surface area contributed by atoms with Crippen LogP contribution < -0.4 is 10.4 Å². The first-order valence-electron chi connectivity index (χ1n) is 9.45. The van der Waals surface area contributed by atoms with Crippen molar-refractivity contribution >= 4 is 17.4 Å². The summed E-state index contributed by atoms with van der Waals surface area (Å²) in [5, 5.41) is 8.29. The Morgan fingerprint density at radius 1 is 1.12 bits per heavy atom. The topological polar surface area (TPSA) is 100 Å². The van der Waals surface area contributed by atoms with Gasteiger partial charge in [-0.25, -0.2) is 23.3 Å². The number of hydrogen-bond donors (Lipinski definition) is 0. The van der Waals surface area contributed by atoms with Crippen molar-refractivity contribution in [3.05, 3.63) is 83.1 Å². The van der Waals surface area contributed by atoms with E-state index < -0.39 is 5.69 Å². The fraction of sp³-hybridized carbons (Fsp3) is 0.0952. The largest absolute Gasteiger partial charge is 0.436 e. The third kappa shape index (κ3) is 3.85.